The minimum Gasteiger partial charge on any atom is -0.455 e. The van der Waals surface area contributed by atoms with E-state index in [1.807, 2.05) is 103 Å². The average molecular weight is 627 g/mol. The average Bonchev–Trinajstić information content (AvgIpc) is 3.56. The van der Waals surface area contributed by atoms with Crippen LogP contribution >= 0.6 is 0 Å². The van der Waals surface area contributed by atoms with Gasteiger partial charge in [0.25, 0.3) is 0 Å². The lowest BCUT2D eigenvalue weighted by molar-refractivity contribution is 0.670. The standard InChI is InChI=1S/C44H26N4O/c45-27-28-12-11-17-31(24-28)38-25-32(26-39-36-20-9-10-21-40(36)49-41(38)39)33-22-23-37(35-19-8-7-18-34(33)35)44-47-42(29-13-3-1-4-14-29)46-43(48-44)30-15-5-2-6-16-30/h1-26H. The number of hydrogen-bond donors (Lipinski definition) is 0. The van der Waals surface area contributed by atoms with E-state index in [0.717, 1.165) is 71.7 Å². The molecule has 0 atom stereocenters. The molecule has 0 amide bonds. The van der Waals surface area contributed by atoms with Gasteiger partial charge in [-0.15, -0.1) is 0 Å². The lowest BCUT2D eigenvalue weighted by Crippen LogP contribution is -2.00. The van der Waals surface area contributed by atoms with E-state index >= 15 is 0 Å². The Kier molecular flexibility index (Phi) is 6.78. The maximum absolute atomic E-state index is 9.68. The molecule has 5 heteroatoms. The van der Waals surface area contributed by atoms with Gasteiger partial charge in [0.05, 0.1) is 11.6 Å². The van der Waals surface area contributed by atoms with Crippen molar-refractivity contribution in [3.63, 3.8) is 0 Å². The van der Waals surface area contributed by atoms with Gasteiger partial charge in [-0.3, -0.25) is 0 Å². The predicted molar refractivity (Wildman–Crippen MR) is 197 cm³/mol. The summed E-state index contributed by atoms with van der Waals surface area (Å²) in [4.78, 5) is 15.0. The maximum atomic E-state index is 9.68. The molecule has 2 aromatic heterocycles. The number of furan rings is 1. The Hall–Kier alpha value is -6.90. The molecule has 9 aromatic rings. The smallest absolute Gasteiger partial charge is 0.164 e. The summed E-state index contributed by atoms with van der Waals surface area (Å²) >= 11 is 0. The molecule has 0 aliphatic heterocycles. The number of hydrogen-bond acceptors (Lipinski definition) is 5. The molecule has 0 spiro atoms. The number of aromatic nitrogens is 3. The third-order valence-electron chi connectivity index (χ3n) is 8.96. The van der Waals surface area contributed by atoms with E-state index in [2.05, 4.69) is 60.7 Å². The van der Waals surface area contributed by atoms with Crippen molar-refractivity contribution in [3.8, 4) is 62.5 Å². The van der Waals surface area contributed by atoms with Gasteiger partial charge in [0, 0.05) is 33.0 Å². The van der Waals surface area contributed by atoms with Gasteiger partial charge in [-0.1, -0.05) is 121 Å². The van der Waals surface area contributed by atoms with Crippen LogP contribution in [0.2, 0.25) is 0 Å². The Balaban J connectivity index is 1.28. The van der Waals surface area contributed by atoms with Crippen molar-refractivity contribution < 1.29 is 4.42 Å². The van der Waals surface area contributed by atoms with E-state index in [1.165, 1.54) is 0 Å². The van der Waals surface area contributed by atoms with E-state index in [-0.39, 0.29) is 0 Å². The second kappa shape index (κ2) is 11.7. The molecule has 7 aromatic carbocycles. The van der Waals surface area contributed by atoms with Crippen LogP contribution in [0.5, 0.6) is 0 Å². The van der Waals surface area contributed by atoms with Gasteiger partial charge in [0.15, 0.2) is 17.5 Å². The molecule has 9 rings (SSSR count). The first-order valence-corrected chi connectivity index (χ1v) is 16.1. The number of nitriles is 1. The van der Waals surface area contributed by atoms with Crippen molar-refractivity contribution >= 4 is 32.7 Å². The van der Waals surface area contributed by atoms with Gasteiger partial charge in [-0.2, -0.15) is 5.26 Å². The summed E-state index contributed by atoms with van der Waals surface area (Å²) in [7, 11) is 0. The minimum atomic E-state index is 0.601. The summed E-state index contributed by atoms with van der Waals surface area (Å²) < 4.78 is 6.46. The highest BCUT2D eigenvalue weighted by atomic mass is 16.3. The third-order valence-corrected chi connectivity index (χ3v) is 8.96. The molecule has 0 unspecified atom stereocenters. The van der Waals surface area contributed by atoms with Crippen molar-refractivity contribution in [2.24, 2.45) is 0 Å². The zero-order valence-corrected chi connectivity index (χ0v) is 26.2. The Labute approximate surface area is 282 Å². The molecule has 0 saturated heterocycles. The first-order valence-electron chi connectivity index (χ1n) is 16.1. The largest absolute Gasteiger partial charge is 0.455 e. The van der Waals surface area contributed by atoms with Crippen LogP contribution in [0.4, 0.5) is 0 Å². The van der Waals surface area contributed by atoms with Gasteiger partial charge < -0.3 is 4.42 Å². The molecule has 49 heavy (non-hydrogen) atoms. The predicted octanol–water partition coefficient (Wildman–Crippen LogP) is 11.1. The molecule has 0 saturated carbocycles. The Morgan fingerprint density at radius 2 is 0.980 bits per heavy atom. The molecule has 5 nitrogen and oxygen atoms in total. The van der Waals surface area contributed by atoms with Gasteiger partial charge in [0.2, 0.25) is 0 Å². The fourth-order valence-electron chi connectivity index (χ4n) is 6.63. The van der Waals surface area contributed by atoms with Crippen LogP contribution in [-0.4, -0.2) is 15.0 Å². The molecule has 0 aliphatic rings. The summed E-state index contributed by atoms with van der Waals surface area (Å²) in [6, 6.07) is 55.2. The quantitative estimate of drug-likeness (QED) is 0.190. The minimum absolute atomic E-state index is 0.601. The first-order chi connectivity index (χ1) is 24.2. The SMILES string of the molecule is N#Cc1cccc(-c2cc(-c3ccc(-c4nc(-c5ccccc5)nc(-c5ccccc5)n4)c4ccccc34)cc3c2oc2ccccc23)c1. The van der Waals surface area contributed by atoms with Crippen LogP contribution in [0.3, 0.4) is 0 Å². The van der Waals surface area contributed by atoms with Crippen LogP contribution in [0, 0.1) is 11.3 Å². The van der Waals surface area contributed by atoms with Crippen LogP contribution in [0.1, 0.15) is 5.56 Å². The van der Waals surface area contributed by atoms with Crippen LogP contribution < -0.4 is 0 Å². The summed E-state index contributed by atoms with van der Waals surface area (Å²) in [5.74, 6) is 1.86. The number of nitrogens with zero attached hydrogens (tertiary/aromatic N) is 4. The van der Waals surface area contributed by atoms with Crippen molar-refractivity contribution in [2.45, 2.75) is 0 Å². The summed E-state index contributed by atoms with van der Waals surface area (Å²) in [6.07, 6.45) is 0. The zero-order chi connectivity index (χ0) is 32.7. The first kappa shape index (κ1) is 28.3. The summed E-state index contributed by atoms with van der Waals surface area (Å²) in [5, 5.41) is 13.9. The van der Waals surface area contributed by atoms with Gasteiger partial charge in [0.1, 0.15) is 11.2 Å². The number of para-hydroxylation sites is 1. The highest BCUT2D eigenvalue weighted by Gasteiger charge is 2.19. The number of rotatable bonds is 5. The van der Waals surface area contributed by atoms with Crippen LogP contribution in [0.15, 0.2) is 162 Å². The molecule has 0 N–H and O–H groups in total. The summed E-state index contributed by atoms with van der Waals surface area (Å²) in [5.41, 5.74) is 8.99. The topological polar surface area (TPSA) is 75.6 Å². The lowest BCUT2D eigenvalue weighted by Gasteiger charge is -2.14. The van der Waals surface area contributed by atoms with E-state index in [0.29, 0.717) is 23.0 Å². The van der Waals surface area contributed by atoms with Crippen molar-refractivity contribution in [1.29, 1.82) is 5.26 Å². The molecule has 228 valence electrons. The number of fused-ring (bicyclic) bond motifs is 4. The van der Waals surface area contributed by atoms with Crippen molar-refractivity contribution in [2.75, 3.05) is 0 Å². The normalized spacial score (nSPS) is 11.2. The van der Waals surface area contributed by atoms with Gasteiger partial charge in [-0.25, -0.2) is 15.0 Å². The zero-order valence-electron chi connectivity index (χ0n) is 26.2. The van der Waals surface area contributed by atoms with Crippen LogP contribution in [0.25, 0.3) is 89.1 Å². The Morgan fingerprint density at radius 1 is 0.408 bits per heavy atom. The molecule has 0 radical (unpaired) electrons. The third kappa shape index (κ3) is 5.00. The Bertz CT molecular complexity index is 2670. The second-order valence-electron chi connectivity index (χ2n) is 11.9. The highest BCUT2D eigenvalue weighted by molar-refractivity contribution is 6.13. The van der Waals surface area contributed by atoms with E-state index in [9.17, 15) is 5.26 Å². The van der Waals surface area contributed by atoms with E-state index in [4.69, 9.17) is 19.4 Å². The number of benzene rings is 7. The molecular weight excluding hydrogens is 601 g/mol. The molecule has 0 bridgehead atoms. The van der Waals surface area contributed by atoms with E-state index in [1.54, 1.807) is 0 Å². The molecule has 0 fully saturated rings. The monoisotopic (exact) mass is 626 g/mol. The summed E-state index contributed by atoms with van der Waals surface area (Å²) in [6.45, 7) is 0. The van der Waals surface area contributed by atoms with Crippen molar-refractivity contribution in [3.05, 3.63) is 163 Å². The maximum Gasteiger partial charge on any atom is 0.164 e. The van der Waals surface area contributed by atoms with Gasteiger partial charge >= 0.3 is 0 Å². The molecular formula is C44H26N4O. The van der Waals surface area contributed by atoms with E-state index < -0.39 is 0 Å². The fourth-order valence-corrected chi connectivity index (χ4v) is 6.63. The van der Waals surface area contributed by atoms with Crippen LogP contribution in [-0.2, 0) is 0 Å². The highest BCUT2D eigenvalue weighted by Crippen LogP contribution is 2.42. The fraction of sp³-hybridized carbons (Fsp3) is 0. The van der Waals surface area contributed by atoms with Gasteiger partial charge in [-0.05, 0) is 63.9 Å². The second-order valence-corrected chi connectivity index (χ2v) is 11.9. The molecule has 0 aliphatic carbocycles. The lowest BCUT2D eigenvalue weighted by atomic mass is 9.91. The Morgan fingerprint density at radius 3 is 1.67 bits per heavy atom. The molecule has 2 heterocycles. The van der Waals surface area contributed by atoms with Crippen molar-refractivity contribution in [1.82, 2.24) is 15.0 Å².